The van der Waals surface area contributed by atoms with Crippen LogP contribution in [0.15, 0.2) is 36.5 Å². The van der Waals surface area contributed by atoms with Crippen LogP contribution in [0.2, 0.25) is 0 Å². The van der Waals surface area contributed by atoms with Gasteiger partial charge in [0.15, 0.2) is 5.82 Å². The van der Waals surface area contributed by atoms with Crippen molar-refractivity contribution in [3.05, 3.63) is 42.4 Å². The summed E-state index contributed by atoms with van der Waals surface area (Å²) < 4.78 is 0. The van der Waals surface area contributed by atoms with E-state index in [1.54, 1.807) is 6.20 Å². The molecule has 0 fully saturated rings. The van der Waals surface area contributed by atoms with Crippen LogP contribution in [0.4, 0.5) is 0 Å². The van der Waals surface area contributed by atoms with Crippen LogP contribution in [-0.4, -0.2) is 20.2 Å². The molecule has 0 amide bonds. The first-order chi connectivity index (χ1) is 8.38. The number of H-pyrrole nitrogens is 1. The number of aryl methyl sites for hydroxylation is 1. The molecule has 0 radical (unpaired) electrons. The number of aromatic amines is 1. The van der Waals surface area contributed by atoms with Gasteiger partial charge >= 0.3 is 0 Å². The van der Waals surface area contributed by atoms with Crippen molar-refractivity contribution < 1.29 is 0 Å². The predicted molar refractivity (Wildman–Crippen MR) is 66.5 cm³/mol. The first kappa shape index (κ1) is 9.96. The Labute approximate surface area is 98.7 Å². The third-order valence-corrected chi connectivity index (χ3v) is 2.74. The lowest BCUT2D eigenvalue weighted by Gasteiger charge is -2.00. The van der Waals surface area contributed by atoms with E-state index in [4.69, 9.17) is 0 Å². The van der Waals surface area contributed by atoms with Gasteiger partial charge in [-0.1, -0.05) is 25.1 Å². The van der Waals surface area contributed by atoms with Crippen molar-refractivity contribution in [3.63, 3.8) is 0 Å². The minimum absolute atomic E-state index is 0.714. The Morgan fingerprint density at radius 3 is 2.88 bits per heavy atom. The summed E-state index contributed by atoms with van der Waals surface area (Å²) in [6, 6.07) is 10.0. The molecule has 0 aliphatic heterocycles. The maximum atomic E-state index is 4.44. The number of aromatic nitrogens is 4. The number of nitrogens with zero attached hydrogens (tertiary/aromatic N) is 3. The molecule has 0 saturated heterocycles. The van der Waals surface area contributed by atoms with Gasteiger partial charge in [-0.2, -0.15) is 5.10 Å². The molecule has 0 atom stereocenters. The highest BCUT2D eigenvalue weighted by Gasteiger charge is 2.09. The third-order valence-electron chi connectivity index (χ3n) is 2.74. The van der Waals surface area contributed by atoms with Gasteiger partial charge in [-0.15, -0.1) is 0 Å². The van der Waals surface area contributed by atoms with E-state index < -0.39 is 0 Å². The second kappa shape index (κ2) is 3.97. The summed E-state index contributed by atoms with van der Waals surface area (Å²) in [6.45, 7) is 2.05. The Morgan fingerprint density at radius 1 is 1.18 bits per heavy atom. The van der Waals surface area contributed by atoms with Gasteiger partial charge in [-0.3, -0.25) is 10.1 Å². The maximum Gasteiger partial charge on any atom is 0.183 e. The zero-order valence-corrected chi connectivity index (χ0v) is 9.51. The molecule has 17 heavy (non-hydrogen) atoms. The quantitative estimate of drug-likeness (QED) is 0.727. The highest BCUT2D eigenvalue weighted by molar-refractivity contribution is 5.91. The van der Waals surface area contributed by atoms with Crippen molar-refractivity contribution in [1.29, 1.82) is 0 Å². The molecular weight excluding hydrogens is 212 g/mol. The fraction of sp³-hybridized carbons (Fsp3) is 0.154. The molecule has 0 saturated carbocycles. The van der Waals surface area contributed by atoms with Crippen LogP contribution in [0.1, 0.15) is 12.7 Å². The topological polar surface area (TPSA) is 54.5 Å². The highest BCUT2D eigenvalue weighted by Crippen LogP contribution is 2.23. The molecule has 4 nitrogen and oxygen atoms in total. The van der Waals surface area contributed by atoms with Crippen LogP contribution >= 0.6 is 0 Å². The van der Waals surface area contributed by atoms with E-state index >= 15 is 0 Å². The molecule has 3 aromatic rings. The van der Waals surface area contributed by atoms with Crippen molar-refractivity contribution in [2.75, 3.05) is 0 Å². The Hall–Kier alpha value is -2.23. The Bertz CT molecular complexity index is 652. The van der Waals surface area contributed by atoms with Crippen LogP contribution in [0, 0.1) is 0 Å². The summed E-state index contributed by atoms with van der Waals surface area (Å²) in [5.74, 6) is 1.61. The van der Waals surface area contributed by atoms with Gasteiger partial charge in [0.25, 0.3) is 0 Å². The molecule has 2 aromatic heterocycles. The molecule has 0 bridgehead atoms. The lowest BCUT2D eigenvalue weighted by Crippen LogP contribution is -1.86. The molecular formula is C13H12N4. The summed E-state index contributed by atoms with van der Waals surface area (Å²) in [5.41, 5.74) is 1.91. The molecule has 2 heterocycles. The van der Waals surface area contributed by atoms with Crippen molar-refractivity contribution >= 4 is 10.9 Å². The second-order valence-corrected chi connectivity index (χ2v) is 3.84. The number of fused-ring (bicyclic) bond motifs is 1. The van der Waals surface area contributed by atoms with Gasteiger partial charge in [0.05, 0.1) is 5.52 Å². The first-order valence-corrected chi connectivity index (χ1v) is 5.64. The van der Waals surface area contributed by atoms with Crippen LogP contribution in [0.25, 0.3) is 22.3 Å². The normalized spacial score (nSPS) is 10.9. The van der Waals surface area contributed by atoms with Gasteiger partial charge in [0.1, 0.15) is 5.82 Å². The number of rotatable bonds is 2. The van der Waals surface area contributed by atoms with E-state index in [9.17, 15) is 0 Å². The van der Waals surface area contributed by atoms with Gasteiger partial charge in [-0.05, 0) is 12.1 Å². The lowest BCUT2D eigenvalue weighted by molar-refractivity contribution is 0.946. The van der Waals surface area contributed by atoms with E-state index in [0.29, 0.717) is 5.82 Å². The summed E-state index contributed by atoms with van der Waals surface area (Å²) >= 11 is 0. The number of benzene rings is 1. The molecule has 0 aliphatic rings. The molecule has 0 spiro atoms. The van der Waals surface area contributed by atoms with Crippen molar-refractivity contribution in [1.82, 2.24) is 20.2 Å². The van der Waals surface area contributed by atoms with Crippen LogP contribution < -0.4 is 0 Å². The minimum Gasteiger partial charge on any atom is -0.263 e. The second-order valence-electron chi connectivity index (χ2n) is 3.84. The van der Waals surface area contributed by atoms with Crippen molar-refractivity contribution in [2.45, 2.75) is 13.3 Å². The highest BCUT2D eigenvalue weighted by atomic mass is 15.2. The smallest absolute Gasteiger partial charge is 0.183 e. The zero-order chi connectivity index (χ0) is 11.7. The first-order valence-electron chi connectivity index (χ1n) is 5.64. The fourth-order valence-electron chi connectivity index (χ4n) is 1.86. The van der Waals surface area contributed by atoms with Crippen LogP contribution in [-0.2, 0) is 6.42 Å². The van der Waals surface area contributed by atoms with Crippen LogP contribution in [0.5, 0.6) is 0 Å². The summed E-state index contributed by atoms with van der Waals surface area (Å²) in [7, 11) is 0. The number of hydrogen-bond donors (Lipinski definition) is 1. The Morgan fingerprint density at radius 2 is 2.06 bits per heavy atom. The number of pyridine rings is 1. The van der Waals surface area contributed by atoms with Crippen molar-refractivity contribution in [3.8, 4) is 11.4 Å². The lowest BCUT2D eigenvalue weighted by atomic mass is 10.1. The number of hydrogen-bond acceptors (Lipinski definition) is 3. The molecule has 1 aromatic carbocycles. The minimum atomic E-state index is 0.714. The molecule has 3 rings (SSSR count). The van der Waals surface area contributed by atoms with Gasteiger partial charge < -0.3 is 0 Å². The average molecular weight is 224 g/mol. The van der Waals surface area contributed by atoms with Gasteiger partial charge in [0.2, 0.25) is 0 Å². The number of para-hydroxylation sites is 1. The van der Waals surface area contributed by atoms with Crippen molar-refractivity contribution in [2.24, 2.45) is 0 Å². The Balaban J connectivity index is 2.23. The maximum absolute atomic E-state index is 4.44. The fourth-order valence-corrected chi connectivity index (χ4v) is 1.86. The molecule has 0 unspecified atom stereocenters. The zero-order valence-electron chi connectivity index (χ0n) is 9.51. The van der Waals surface area contributed by atoms with E-state index in [0.717, 1.165) is 28.7 Å². The van der Waals surface area contributed by atoms with Gasteiger partial charge in [-0.25, -0.2) is 4.98 Å². The monoisotopic (exact) mass is 224 g/mol. The molecule has 4 heteroatoms. The molecule has 1 N–H and O–H groups in total. The van der Waals surface area contributed by atoms with Gasteiger partial charge in [0, 0.05) is 23.6 Å². The SMILES string of the molecule is CCc1nc(-c2cccc3cccnc23)n[nH]1. The van der Waals surface area contributed by atoms with E-state index in [2.05, 4.69) is 20.2 Å². The summed E-state index contributed by atoms with van der Waals surface area (Å²) in [5, 5.41) is 8.27. The third kappa shape index (κ3) is 1.67. The molecule has 84 valence electrons. The summed E-state index contributed by atoms with van der Waals surface area (Å²) in [6.07, 6.45) is 2.64. The average Bonchev–Trinajstić information content (AvgIpc) is 2.87. The van der Waals surface area contributed by atoms with E-state index in [1.165, 1.54) is 0 Å². The standard InChI is InChI=1S/C13H12N4/c1-2-11-15-13(17-16-11)10-7-3-5-9-6-4-8-14-12(9)10/h3-8H,2H2,1H3,(H,15,16,17). The molecule has 0 aliphatic carbocycles. The van der Waals surface area contributed by atoms with Crippen LogP contribution in [0.3, 0.4) is 0 Å². The Kier molecular flexibility index (Phi) is 2.33. The van der Waals surface area contributed by atoms with E-state index in [1.807, 2.05) is 37.3 Å². The largest absolute Gasteiger partial charge is 0.263 e. The van der Waals surface area contributed by atoms with E-state index in [-0.39, 0.29) is 0 Å². The number of nitrogens with one attached hydrogen (secondary N) is 1. The summed E-state index contributed by atoms with van der Waals surface area (Å²) in [4.78, 5) is 8.84. The predicted octanol–water partition coefficient (Wildman–Crippen LogP) is 2.58.